The maximum absolute atomic E-state index is 11.4. The van der Waals surface area contributed by atoms with Crippen molar-refractivity contribution in [2.75, 3.05) is 13.7 Å². The molecule has 0 saturated heterocycles. The molecule has 1 aromatic heterocycles. The normalized spacial score (nSPS) is 12.9. The molecule has 1 N–H and O–H groups in total. The third-order valence-corrected chi connectivity index (χ3v) is 3.96. The number of aliphatic hydroxyl groups excluding tert-OH is 1. The van der Waals surface area contributed by atoms with E-state index in [0.29, 0.717) is 30.1 Å². The van der Waals surface area contributed by atoms with Gasteiger partial charge in [0.05, 0.1) is 13.2 Å². The van der Waals surface area contributed by atoms with Gasteiger partial charge in [-0.3, -0.25) is 0 Å². The molecule has 0 spiro atoms. The van der Waals surface area contributed by atoms with Crippen LogP contribution in [0.15, 0.2) is 57.3 Å². The minimum atomic E-state index is -0.479. The van der Waals surface area contributed by atoms with Crippen molar-refractivity contribution in [2.24, 2.45) is 0 Å². The molecule has 2 aromatic rings. The molecule has 0 bridgehead atoms. The van der Waals surface area contributed by atoms with Crippen LogP contribution in [0, 0.1) is 0 Å². The van der Waals surface area contributed by atoms with Crippen LogP contribution in [0.4, 0.5) is 0 Å². The predicted octanol–water partition coefficient (Wildman–Crippen LogP) is 3.84. The molecule has 25 heavy (non-hydrogen) atoms. The monoisotopic (exact) mass is 344 g/mol. The molecular formula is C20H24O5. The number of hydrogen-bond donors (Lipinski definition) is 1. The van der Waals surface area contributed by atoms with Gasteiger partial charge in [-0.15, -0.1) is 0 Å². The zero-order chi connectivity index (χ0) is 18.4. The number of aliphatic hydroxyl groups is 1. The second kappa shape index (κ2) is 8.53. The van der Waals surface area contributed by atoms with E-state index >= 15 is 0 Å². The van der Waals surface area contributed by atoms with Gasteiger partial charge in [0.2, 0.25) is 5.75 Å². The third-order valence-electron chi connectivity index (χ3n) is 3.96. The van der Waals surface area contributed by atoms with Crippen LogP contribution in [0.3, 0.4) is 0 Å². The standard InChI is InChI=1S/C20H24O5/c1-13(2)16(21)8-5-14(3)11-12-24-17-9-6-15-7-10-18(22)25-19(15)20(17)23-4/h6-7,9-11,16,21H,1,5,8,12H2,2-4H3. The molecule has 0 aliphatic heterocycles. The summed E-state index contributed by atoms with van der Waals surface area (Å²) in [5.41, 5.74) is 1.82. The molecule has 5 heteroatoms. The molecule has 2 rings (SSSR count). The van der Waals surface area contributed by atoms with Gasteiger partial charge in [0.15, 0.2) is 11.3 Å². The summed E-state index contributed by atoms with van der Waals surface area (Å²) < 4.78 is 16.3. The Balaban J connectivity index is 2.06. The van der Waals surface area contributed by atoms with E-state index in [1.165, 1.54) is 13.2 Å². The van der Waals surface area contributed by atoms with Crippen LogP contribution in [0.2, 0.25) is 0 Å². The summed E-state index contributed by atoms with van der Waals surface area (Å²) in [6.07, 6.45) is 2.88. The van der Waals surface area contributed by atoms with Gasteiger partial charge in [0, 0.05) is 11.5 Å². The van der Waals surface area contributed by atoms with E-state index < -0.39 is 11.7 Å². The first-order valence-electron chi connectivity index (χ1n) is 8.15. The minimum Gasteiger partial charge on any atom is -0.490 e. The highest BCUT2D eigenvalue weighted by Crippen LogP contribution is 2.34. The number of rotatable bonds is 8. The number of methoxy groups -OCH3 is 1. The minimum absolute atomic E-state index is 0.355. The fourth-order valence-electron chi connectivity index (χ4n) is 2.38. The molecular weight excluding hydrogens is 320 g/mol. The number of benzene rings is 1. The summed E-state index contributed by atoms with van der Waals surface area (Å²) in [5.74, 6) is 0.911. The van der Waals surface area contributed by atoms with Gasteiger partial charge in [0.25, 0.3) is 0 Å². The average molecular weight is 344 g/mol. The van der Waals surface area contributed by atoms with Crippen LogP contribution in [0.1, 0.15) is 26.7 Å². The van der Waals surface area contributed by atoms with E-state index in [1.54, 1.807) is 12.1 Å². The van der Waals surface area contributed by atoms with Crippen LogP contribution in [0.5, 0.6) is 11.5 Å². The lowest BCUT2D eigenvalue weighted by Gasteiger charge is -2.12. The average Bonchev–Trinajstić information content (AvgIpc) is 2.59. The maximum Gasteiger partial charge on any atom is 0.336 e. The molecule has 0 aliphatic carbocycles. The van der Waals surface area contributed by atoms with Crippen molar-refractivity contribution in [2.45, 2.75) is 32.8 Å². The van der Waals surface area contributed by atoms with E-state index in [-0.39, 0.29) is 0 Å². The number of allylic oxidation sites excluding steroid dienone is 1. The van der Waals surface area contributed by atoms with E-state index in [2.05, 4.69) is 6.58 Å². The van der Waals surface area contributed by atoms with Crippen LogP contribution in [-0.2, 0) is 0 Å². The van der Waals surface area contributed by atoms with Gasteiger partial charge in [0.1, 0.15) is 6.61 Å². The highest BCUT2D eigenvalue weighted by Gasteiger charge is 2.12. The Morgan fingerprint density at radius 1 is 1.32 bits per heavy atom. The first kappa shape index (κ1) is 18.8. The van der Waals surface area contributed by atoms with Crippen LogP contribution >= 0.6 is 0 Å². The lowest BCUT2D eigenvalue weighted by molar-refractivity contribution is 0.201. The first-order valence-corrected chi connectivity index (χ1v) is 8.15. The summed E-state index contributed by atoms with van der Waals surface area (Å²) in [7, 11) is 1.51. The van der Waals surface area contributed by atoms with Crippen LogP contribution in [-0.4, -0.2) is 24.9 Å². The molecule has 0 amide bonds. The fourth-order valence-corrected chi connectivity index (χ4v) is 2.38. The Morgan fingerprint density at radius 2 is 2.04 bits per heavy atom. The summed E-state index contributed by atoms with van der Waals surface area (Å²) in [6, 6.07) is 6.66. The van der Waals surface area contributed by atoms with E-state index in [4.69, 9.17) is 13.9 Å². The number of hydrogen-bond acceptors (Lipinski definition) is 5. The summed E-state index contributed by atoms with van der Waals surface area (Å²) in [4.78, 5) is 11.4. The zero-order valence-electron chi connectivity index (χ0n) is 14.9. The third kappa shape index (κ3) is 4.97. The largest absolute Gasteiger partial charge is 0.490 e. The predicted molar refractivity (Wildman–Crippen MR) is 98.3 cm³/mol. The van der Waals surface area contributed by atoms with Crippen molar-refractivity contribution in [3.63, 3.8) is 0 Å². The van der Waals surface area contributed by atoms with Crippen molar-refractivity contribution in [1.82, 2.24) is 0 Å². The molecule has 1 unspecified atom stereocenters. The SMILES string of the molecule is C=C(C)C(O)CCC(C)=CCOc1ccc2ccc(=O)oc2c1OC. The second-order valence-electron chi connectivity index (χ2n) is 6.03. The smallest absolute Gasteiger partial charge is 0.336 e. The molecule has 1 aromatic carbocycles. The van der Waals surface area contributed by atoms with Gasteiger partial charge >= 0.3 is 5.63 Å². The Hall–Kier alpha value is -2.53. The lowest BCUT2D eigenvalue weighted by atomic mass is 10.0. The number of fused-ring (bicyclic) bond motifs is 1. The van der Waals surface area contributed by atoms with Crippen molar-refractivity contribution >= 4 is 11.0 Å². The van der Waals surface area contributed by atoms with Gasteiger partial charge in [-0.05, 0) is 51.0 Å². The Kier molecular flexibility index (Phi) is 6.42. The van der Waals surface area contributed by atoms with Gasteiger partial charge < -0.3 is 19.0 Å². The van der Waals surface area contributed by atoms with Crippen LogP contribution < -0.4 is 15.1 Å². The Morgan fingerprint density at radius 3 is 2.72 bits per heavy atom. The number of ether oxygens (including phenoxy) is 2. The molecule has 0 fully saturated rings. The molecule has 5 nitrogen and oxygen atoms in total. The van der Waals surface area contributed by atoms with Gasteiger partial charge in [-0.1, -0.05) is 17.7 Å². The summed E-state index contributed by atoms with van der Waals surface area (Å²) in [6.45, 7) is 7.91. The zero-order valence-corrected chi connectivity index (χ0v) is 14.9. The molecule has 0 radical (unpaired) electrons. The van der Waals surface area contributed by atoms with Gasteiger partial charge in [-0.25, -0.2) is 4.79 Å². The Labute approximate surface area is 147 Å². The maximum atomic E-state index is 11.4. The molecule has 0 aliphatic rings. The molecule has 1 heterocycles. The lowest BCUT2D eigenvalue weighted by Crippen LogP contribution is -2.07. The van der Waals surface area contributed by atoms with E-state index in [1.807, 2.05) is 26.0 Å². The van der Waals surface area contributed by atoms with Crippen LogP contribution in [0.25, 0.3) is 11.0 Å². The quantitative estimate of drug-likeness (QED) is 0.582. The first-order chi connectivity index (χ1) is 11.9. The topological polar surface area (TPSA) is 68.9 Å². The molecule has 134 valence electrons. The molecule has 1 atom stereocenters. The Bertz CT molecular complexity index is 832. The van der Waals surface area contributed by atoms with E-state index in [9.17, 15) is 9.90 Å². The highest BCUT2D eigenvalue weighted by atomic mass is 16.5. The highest BCUT2D eigenvalue weighted by molar-refractivity contribution is 5.85. The van der Waals surface area contributed by atoms with Crippen molar-refractivity contribution < 1.29 is 19.0 Å². The molecule has 0 saturated carbocycles. The second-order valence-corrected chi connectivity index (χ2v) is 6.03. The van der Waals surface area contributed by atoms with Crippen molar-refractivity contribution in [3.8, 4) is 11.5 Å². The summed E-state index contributed by atoms with van der Waals surface area (Å²) >= 11 is 0. The van der Waals surface area contributed by atoms with Gasteiger partial charge in [-0.2, -0.15) is 0 Å². The fraction of sp³-hybridized carbons (Fsp3) is 0.350. The van der Waals surface area contributed by atoms with E-state index in [0.717, 1.165) is 23.0 Å². The van der Waals surface area contributed by atoms with Crippen molar-refractivity contribution in [1.29, 1.82) is 0 Å². The summed E-state index contributed by atoms with van der Waals surface area (Å²) in [5, 5.41) is 10.5. The van der Waals surface area contributed by atoms with Crippen molar-refractivity contribution in [3.05, 3.63) is 58.5 Å².